The number of rotatable bonds is 3. The molecule has 1 aromatic carbocycles. The van der Waals surface area contributed by atoms with Crippen molar-refractivity contribution in [1.82, 2.24) is 15.5 Å². The van der Waals surface area contributed by atoms with Gasteiger partial charge >= 0.3 is 6.09 Å². The maximum Gasteiger partial charge on any atom is 0.411 e. The highest BCUT2D eigenvalue weighted by atomic mass is 16.6. The largest absolute Gasteiger partial charge is 0.444 e. The van der Waals surface area contributed by atoms with Gasteiger partial charge in [0.1, 0.15) is 11.6 Å². The van der Waals surface area contributed by atoms with Crippen LogP contribution in [0, 0.1) is 0 Å². The number of hydrogen-bond acceptors (Lipinski definition) is 6. The smallest absolute Gasteiger partial charge is 0.411 e. The summed E-state index contributed by atoms with van der Waals surface area (Å²) in [6.07, 6.45) is 2.27. The van der Waals surface area contributed by atoms with Crippen LogP contribution >= 0.6 is 0 Å². The fraction of sp³-hybridized carbons (Fsp3) is 0.350. The molecule has 2 heterocycles. The van der Waals surface area contributed by atoms with Crippen molar-refractivity contribution >= 4 is 35.8 Å². The van der Waals surface area contributed by atoms with Crippen molar-refractivity contribution in [3.8, 4) is 0 Å². The van der Waals surface area contributed by atoms with Crippen LogP contribution in [-0.4, -0.2) is 46.3 Å². The fourth-order valence-corrected chi connectivity index (χ4v) is 3.19. The molecule has 1 aromatic rings. The van der Waals surface area contributed by atoms with Gasteiger partial charge < -0.3 is 4.74 Å². The molecular formula is C20H21N3O6. The molecular weight excluding hydrogens is 378 g/mol. The topological polar surface area (TPSA) is 122 Å². The predicted octanol–water partition coefficient (Wildman–Crippen LogP) is 1.58. The molecule has 9 nitrogen and oxygen atoms in total. The van der Waals surface area contributed by atoms with Gasteiger partial charge in [-0.05, 0) is 44.9 Å². The van der Waals surface area contributed by atoms with Gasteiger partial charge in [-0.15, -0.1) is 0 Å². The lowest BCUT2D eigenvalue weighted by atomic mass is 10.0. The summed E-state index contributed by atoms with van der Waals surface area (Å²) >= 11 is 0. The molecule has 29 heavy (non-hydrogen) atoms. The van der Waals surface area contributed by atoms with Crippen molar-refractivity contribution < 1.29 is 28.7 Å². The van der Waals surface area contributed by atoms with E-state index in [1.807, 2.05) is 0 Å². The number of hydrogen-bond donors (Lipinski definition) is 2. The number of carbonyl (C=O) groups is 5. The Kier molecular flexibility index (Phi) is 5.23. The number of fused-ring (bicyclic) bond motifs is 1. The third-order valence-electron chi connectivity index (χ3n) is 4.36. The van der Waals surface area contributed by atoms with E-state index >= 15 is 0 Å². The van der Waals surface area contributed by atoms with Crippen LogP contribution in [0.1, 0.15) is 59.9 Å². The second-order valence-corrected chi connectivity index (χ2v) is 7.70. The number of ether oxygens (including phenoxy) is 1. The molecule has 9 heteroatoms. The zero-order valence-corrected chi connectivity index (χ0v) is 16.3. The Labute approximate surface area is 167 Å². The summed E-state index contributed by atoms with van der Waals surface area (Å²) in [6, 6.07) is 3.69. The van der Waals surface area contributed by atoms with Crippen LogP contribution in [0.15, 0.2) is 24.4 Å². The first-order chi connectivity index (χ1) is 13.6. The Morgan fingerprint density at radius 2 is 1.93 bits per heavy atom. The van der Waals surface area contributed by atoms with Gasteiger partial charge in [0.2, 0.25) is 11.8 Å². The minimum absolute atomic E-state index is 0.0520. The van der Waals surface area contributed by atoms with Gasteiger partial charge in [0, 0.05) is 12.6 Å². The molecule has 0 radical (unpaired) electrons. The van der Waals surface area contributed by atoms with E-state index in [1.54, 1.807) is 32.9 Å². The predicted molar refractivity (Wildman–Crippen MR) is 102 cm³/mol. The highest BCUT2D eigenvalue weighted by Crippen LogP contribution is 2.30. The molecule has 0 aromatic heterocycles. The van der Waals surface area contributed by atoms with E-state index in [4.69, 9.17) is 4.74 Å². The van der Waals surface area contributed by atoms with Gasteiger partial charge in [0.15, 0.2) is 0 Å². The molecule has 0 spiro atoms. The summed E-state index contributed by atoms with van der Waals surface area (Å²) in [7, 11) is 0. The molecule has 2 aliphatic rings. The number of carbonyl (C=O) groups excluding carboxylic acids is 5. The number of nitrogens with zero attached hydrogens (tertiary/aromatic N) is 1. The van der Waals surface area contributed by atoms with Gasteiger partial charge in [-0.1, -0.05) is 12.1 Å². The van der Waals surface area contributed by atoms with E-state index in [9.17, 15) is 24.0 Å². The minimum atomic E-state index is -1.03. The number of amides is 5. The highest BCUT2D eigenvalue weighted by molar-refractivity contribution is 6.24. The van der Waals surface area contributed by atoms with Crippen molar-refractivity contribution in [2.75, 3.05) is 0 Å². The lowest BCUT2D eigenvalue weighted by molar-refractivity contribution is -0.136. The number of benzene rings is 1. The number of alkyl carbamates (subject to hydrolysis) is 1. The standard InChI is InChI=1S/C20H21N3O6/c1-20(2,3)29-19(28)21-10-9-11-5-4-6-12-15(11)18(27)23(17(12)26)13-7-8-14(24)22-16(13)25/h4-6,9-10,13H,7-8H2,1-3H3,(H,21,28)(H,22,24,25)/b10-9+. The highest BCUT2D eigenvalue weighted by Gasteiger charge is 2.45. The molecule has 1 saturated heterocycles. The fourth-order valence-electron chi connectivity index (χ4n) is 3.19. The second kappa shape index (κ2) is 7.50. The number of nitrogens with one attached hydrogen (secondary N) is 2. The van der Waals surface area contributed by atoms with Crippen LogP contribution in [0.3, 0.4) is 0 Å². The van der Waals surface area contributed by atoms with Crippen molar-refractivity contribution in [2.24, 2.45) is 0 Å². The Morgan fingerprint density at radius 3 is 2.59 bits per heavy atom. The normalized spacial score (nSPS) is 19.4. The Hall–Kier alpha value is -3.49. The van der Waals surface area contributed by atoms with E-state index in [2.05, 4.69) is 10.6 Å². The average molecular weight is 399 g/mol. The van der Waals surface area contributed by atoms with Gasteiger partial charge in [0.05, 0.1) is 11.1 Å². The molecule has 3 rings (SSSR count). The van der Waals surface area contributed by atoms with Crippen LogP contribution in [0.2, 0.25) is 0 Å². The summed E-state index contributed by atoms with van der Waals surface area (Å²) in [4.78, 5) is 61.8. The third-order valence-corrected chi connectivity index (χ3v) is 4.36. The lowest BCUT2D eigenvalue weighted by Crippen LogP contribution is -2.54. The summed E-state index contributed by atoms with van der Waals surface area (Å²) < 4.78 is 5.12. The van der Waals surface area contributed by atoms with Gasteiger partial charge in [-0.25, -0.2) is 4.79 Å². The summed E-state index contributed by atoms with van der Waals surface area (Å²) in [5, 5.41) is 4.59. The van der Waals surface area contributed by atoms with Gasteiger partial charge in [0.25, 0.3) is 11.8 Å². The Morgan fingerprint density at radius 1 is 1.21 bits per heavy atom. The Balaban J connectivity index is 1.81. The SMILES string of the molecule is CC(C)(C)OC(=O)N/C=C/c1cccc2c1C(=O)N(C1CCC(=O)NC1=O)C2=O. The minimum Gasteiger partial charge on any atom is -0.444 e. The van der Waals surface area contributed by atoms with Crippen molar-refractivity contribution in [3.05, 3.63) is 41.1 Å². The number of piperidine rings is 1. The first-order valence-corrected chi connectivity index (χ1v) is 9.09. The molecule has 1 fully saturated rings. The Bertz CT molecular complexity index is 944. The van der Waals surface area contributed by atoms with Gasteiger partial charge in [-0.3, -0.25) is 34.7 Å². The molecule has 0 aliphatic carbocycles. The van der Waals surface area contributed by atoms with E-state index in [-0.39, 0.29) is 24.0 Å². The first kappa shape index (κ1) is 20.2. The monoisotopic (exact) mass is 399 g/mol. The maximum absolute atomic E-state index is 12.9. The zero-order chi connectivity index (χ0) is 21.3. The molecule has 2 aliphatic heterocycles. The van der Waals surface area contributed by atoms with Crippen LogP contribution in [-0.2, 0) is 14.3 Å². The van der Waals surface area contributed by atoms with Crippen LogP contribution in [0.25, 0.3) is 6.08 Å². The van der Waals surface area contributed by atoms with Crippen molar-refractivity contribution in [3.63, 3.8) is 0 Å². The summed E-state index contributed by atoms with van der Waals surface area (Å²) in [5.41, 5.74) is 0.0618. The molecule has 1 atom stereocenters. The van der Waals surface area contributed by atoms with E-state index in [1.165, 1.54) is 18.3 Å². The summed E-state index contributed by atoms with van der Waals surface area (Å²) in [5.74, 6) is -2.30. The molecule has 5 amide bonds. The first-order valence-electron chi connectivity index (χ1n) is 9.09. The van der Waals surface area contributed by atoms with Gasteiger partial charge in [-0.2, -0.15) is 0 Å². The quantitative estimate of drug-likeness (QED) is 0.744. The van der Waals surface area contributed by atoms with Crippen molar-refractivity contribution in [1.29, 1.82) is 0 Å². The van der Waals surface area contributed by atoms with Crippen molar-refractivity contribution in [2.45, 2.75) is 45.3 Å². The van der Waals surface area contributed by atoms with Crippen LogP contribution < -0.4 is 10.6 Å². The average Bonchev–Trinajstić information content (AvgIpc) is 2.86. The maximum atomic E-state index is 12.9. The third kappa shape index (κ3) is 4.18. The second-order valence-electron chi connectivity index (χ2n) is 7.70. The van der Waals surface area contributed by atoms with E-state index < -0.39 is 41.4 Å². The summed E-state index contributed by atoms with van der Waals surface area (Å²) in [6.45, 7) is 5.19. The molecule has 2 N–H and O–H groups in total. The van der Waals surface area contributed by atoms with E-state index in [0.717, 1.165) is 4.90 Å². The molecule has 152 valence electrons. The molecule has 0 saturated carbocycles. The van der Waals surface area contributed by atoms with Crippen LogP contribution in [0.5, 0.6) is 0 Å². The van der Waals surface area contributed by atoms with Crippen LogP contribution in [0.4, 0.5) is 4.79 Å². The van der Waals surface area contributed by atoms with E-state index in [0.29, 0.717) is 5.56 Å². The molecule has 1 unspecified atom stereocenters. The number of imide groups is 2. The zero-order valence-electron chi connectivity index (χ0n) is 16.3. The molecule has 0 bridgehead atoms. The lowest BCUT2D eigenvalue weighted by Gasteiger charge is -2.27.